The molecule has 1 atom stereocenters. The van der Waals surface area contributed by atoms with Gasteiger partial charge in [0.25, 0.3) is 0 Å². The van der Waals surface area contributed by atoms with Crippen molar-refractivity contribution in [2.24, 2.45) is 0 Å². The predicted octanol–water partition coefficient (Wildman–Crippen LogP) is 5.15. The summed E-state index contributed by atoms with van der Waals surface area (Å²) >= 11 is 0. The van der Waals surface area contributed by atoms with Crippen LogP contribution in [0.4, 0.5) is 15.8 Å². The van der Waals surface area contributed by atoms with Crippen LogP contribution in [0.25, 0.3) is 0 Å². The molecular formula is C27H29FN2O4S. The second-order valence-corrected chi connectivity index (χ2v) is 11.3. The van der Waals surface area contributed by atoms with E-state index in [9.17, 15) is 22.4 Å². The summed E-state index contributed by atoms with van der Waals surface area (Å²) in [6.45, 7) is 7.72. The van der Waals surface area contributed by atoms with E-state index in [1.807, 2.05) is 12.1 Å². The molecule has 1 amide bonds. The SMILES string of the molecule is C[C@H](C(=O)Nc1cccc(C(=O)c2ccc(C(C)(C)C)cc2)c1)N(c1ccc(F)cc1)S(C)(=O)=O. The van der Waals surface area contributed by atoms with Crippen LogP contribution in [0, 0.1) is 5.82 Å². The molecule has 0 aliphatic rings. The van der Waals surface area contributed by atoms with E-state index < -0.39 is 27.8 Å². The highest BCUT2D eigenvalue weighted by Crippen LogP contribution is 2.24. The molecule has 0 spiro atoms. The maximum atomic E-state index is 13.3. The maximum Gasteiger partial charge on any atom is 0.247 e. The lowest BCUT2D eigenvalue weighted by molar-refractivity contribution is -0.116. The molecule has 35 heavy (non-hydrogen) atoms. The van der Waals surface area contributed by atoms with Crippen LogP contribution in [-0.4, -0.2) is 32.4 Å². The quantitative estimate of drug-likeness (QED) is 0.459. The largest absolute Gasteiger partial charge is 0.324 e. The van der Waals surface area contributed by atoms with Crippen molar-refractivity contribution in [3.8, 4) is 0 Å². The van der Waals surface area contributed by atoms with E-state index in [1.165, 1.54) is 19.1 Å². The molecule has 3 rings (SSSR count). The fourth-order valence-electron chi connectivity index (χ4n) is 3.67. The maximum absolute atomic E-state index is 13.3. The fourth-order valence-corrected chi connectivity index (χ4v) is 4.84. The van der Waals surface area contributed by atoms with Crippen LogP contribution in [-0.2, 0) is 20.2 Å². The van der Waals surface area contributed by atoms with E-state index in [2.05, 4.69) is 26.1 Å². The molecule has 0 aliphatic heterocycles. The number of carbonyl (C=O) groups is 2. The van der Waals surface area contributed by atoms with Gasteiger partial charge in [0.2, 0.25) is 15.9 Å². The Labute approximate surface area is 205 Å². The zero-order valence-corrected chi connectivity index (χ0v) is 21.2. The number of nitrogens with zero attached hydrogens (tertiary/aromatic N) is 1. The van der Waals surface area contributed by atoms with Gasteiger partial charge >= 0.3 is 0 Å². The van der Waals surface area contributed by atoms with Crippen molar-refractivity contribution in [3.05, 3.63) is 95.3 Å². The van der Waals surface area contributed by atoms with Crippen molar-refractivity contribution in [1.29, 1.82) is 0 Å². The Hall–Kier alpha value is -3.52. The third-order valence-corrected chi connectivity index (χ3v) is 6.82. The number of amides is 1. The minimum atomic E-state index is -3.84. The molecule has 0 bridgehead atoms. The molecule has 184 valence electrons. The highest BCUT2D eigenvalue weighted by Gasteiger charge is 2.29. The number of halogens is 1. The molecule has 3 aromatic carbocycles. The van der Waals surface area contributed by atoms with Gasteiger partial charge in [0.1, 0.15) is 11.9 Å². The summed E-state index contributed by atoms with van der Waals surface area (Å²) < 4.78 is 39.1. The summed E-state index contributed by atoms with van der Waals surface area (Å²) in [6, 6.07) is 17.6. The Kier molecular flexibility index (Phi) is 7.45. The van der Waals surface area contributed by atoms with Gasteiger partial charge in [0.05, 0.1) is 11.9 Å². The molecule has 0 unspecified atom stereocenters. The van der Waals surface area contributed by atoms with Crippen molar-refractivity contribution in [3.63, 3.8) is 0 Å². The lowest BCUT2D eigenvalue weighted by atomic mass is 9.86. The molecule has 0 aliphatic carbocycles. The Morgan fingerprint density at radius 2 is 1.51 bits per heavy atom. The lowest BCUT2D eigenvalue weighted by Crippen LogP contribution is -2.45. The van der Waals surface area contributed by atoms with Crippen LogP contribution in [0.2, 0.25) is 0 Å². The number of sulfonamides is 1. The van der Waals surface area contributed by atoms with E-state index in [-0.39, 0.29) is 16.9 Å². The summed E-state index contributed by atoms with van der Waals surface area (Å²) in [4.78, 5) is 25.9. The zero-order chi connectivity index (χ0) is 26.0. The number of hydrogen-bond donors (Lipinski definition) is 1. The molecule has 1 N–H and O–H groups in total. The highest BCUT2D eigenvalue weighted by atomic mass is 32.2. The Bertz CT molecular complexity index is 1330. The van der Waals surface area contributed by atoms with Crippen molar-refractivity contribution < 1.29 is 22.4 Å². The number of hydrogen-bond acceptors (Lipinski definition) is 4. The van der Waals surface area contributed by atoms with Gasteiger partial charge in [-0.25, -0.2) is 12.8 Å². The first-order valence-electron chi connectivity index (χ1n) is 11.1. The van der Waals surface area contributed by atoms with Crippen molar-refractivity contribution in [1.82, 2.24) is 0 Å². The molecule has 3 aromatic rings. The van der Waals surface area contributed by atoms with E-state index in [0.29, 0.717) is 16.8 Å². The van der Waals surface area contributed by atoms with Crippen molar-refractivity contribution >= 4 is 33.1 Å². The molecule has 0 radical (unpaired) electrons. The summed E-state index contributed by atoms with van der Waals surface area (Å²) in [6.07, 6.45) is 0.977. The normalized spacial score (nSPS) is 12.6. The van der Waals surface area contributed by atoms with E-state index >= 15 is 0 Å². The lowest BCUT2D eigenvalue weighted by Gasteiger charge is -2.28. The van der Waals surface area contributed by atoms with E-state index in [0.717, 1.165) is 28.3 Å². The summed E-state index contributed by atoms with van der Waals surface area (Å²) in [5, 5.41) is 2.68. The number of anilines is 2. The number of benzene rings is 3. The van der Waals surface area contributed by atoms with Gasteiger partial charge in [-0.05, 0) is 54.3 Å². The second kappa shape index (κ2) is 10.00. The zero-order valence-electron chi connectivity index (χ0n) is 20.4. The van der Waals surface area contributed by atoms with Crippen LogP contribution in [0.15, 0.2) is 72.8 Å². The smallest absolute Gasteiger partial charge is 0.247 e. The first-order chi connectivity index (χ1) is 16.3. The van der Waals surface area contributed by atoms with Gasteiger partial charge in [0.15, 0.2) is 5.78 Å². The van der Waals surface area contributed by atoms with Gasteiger partial charge in [-0.1, -0.05) is 57.2 Å². The van der Waals surface area contributed by atoms with Crippen LogP contribution in [0.1, 0.15) is 49.2 Å². The Morgan fingerprint density at radius 3 is 2.06 bits per heavy atom. The summed E-state index contributed by atoms with van der Waals surface area (Å²) in [7, 11) is -3.84. The standard InChI is InChI=1S/C27H29FN2O4S/c1-18(30(35(5,33)34)24-15-13-22(28)14-16-24)26(32)29-23-8-6-7-20(17-23)25(31)19-9-11-21(12-10-19)27(2,3)4/h6-18H,1-5H3,(H,29,32)/t18-/m1/s1. The summed E-state index contributed by atoms with van der Waals surface area (Å²) in [5.74, 6) is -1.31. The average Bonchev–Trinajstić information content (AvgIpc) is 2.78. The van der Waals surface area contributed by atoms with Gasteiger partial charge in [-0.15, -0.1) is 0 Å². The second-order valence-electron chi connectivity index (χ2n) is 9.44. The molecule has 8 heteroatoms. The van der Waals surface area contributed by atoms with Crippen molar-refractivity contribution in [2.75, 3.05) is 15.9 Å². The monoisotopic (exact) mass is 496 g/mol. The van der Waals surface area contributed by atoms with Gasteiger partial charge in [0, 0.05) is 16.8 Å². The number of carbonyl (C=O) groups excluding carboxylic acids is 2. The molecule has 0 fully saturated rings. The third-order valence-electron chi connectivity index (χ3n) is 5.58. The highest BCUT2D eigenvalue weighted by molar-refractivity contribution is 7.92. The first kappa shape index (κ1) is 26.1. The van der Waals surface area contributed by atoms with Crippen molar-refractivity contribution in [2.45, 2.75) is 39.2 Å². The molecule has 6 nitrogen and oxygen atoms in total. The topological polar surface area (TPSA) is 83.6 Å². The minimum Gasteiger partial charge on any atom is -0.324 e. The van der Waals surface area contributed by atoms with Crippen LogP contribution >= 0.6 is 0 Å². The van der Waals surface area contributed by atoms with E-state index in [1.54, 1.807) is 36.4 Å². The summed E-state index contributed by atoms with van der Waals surface area (Å²) in [5.41, 5.74) is 2.51. The van der Waals surface area contributed by atoms with Gasteiger partial charge in [-0.2, -0.15) is 0 Å². The molecule has 0 heterocycles. The van der Waals surface area contributed by atoms with E-state index in [4.69, 9.17) is 0 Å². The average molecular weight is 497 g/mol. The Morgan fingerprint density at radius 1 is 0.914 bits per heavy atom. The number of rotatable bonds is 7. The minimum absolute atomic E-state index is 0.0315. The van der Waals surface area contributed by atoms with Gasteiger partial charge < -0.3 is 5.32 Å². The molecular weight excluding hydrogens is 467 g/mol. The molecule has 0 saturated carbocycles. The first-order valence-corrected chi connectivity index (χ1v) is 12.9. The van der Waals surface area contributed by atoms with Crippen LogP contribution < -0.4 is 9.62 Å². The van der Waals surface area contributed by atoms with Crippen LogP contribution in [0.3, 0.4) is 0 Å². The fraction of sp³-hybridized carbons (Fsp3) is 0.259. The molecule has 0 saturated heterocycles. The number of nitrogens with one attached hydrogen (secondary N) is 1. The van der Waals surface area contributed by atoms with Crippen LogP contribution in [0.5, 0.6) is 0 Å². The molecule has 0 aromatic heterocycles. The Balaban J connectivity index is 1.81. The third kappa shape index (κ3) is 6.33. The predicted molar refractivity (Wildman–Crippen MR) is 137 cm³/mol. The number of ketones is 1. The van der Waals surface area contributed by atoms with Gasteiger partial charge in [-0.3, -0.25) is 13.9 Å².